The highest BCUT2D eigenvalue weighted by Gasteiger charge is 2.16. The summed E-state index contributed by atoms with van der Waals surface area (Å²) in [6.45, 7) is 4.94. The van der Waals surface area contributed by atoms with E-state index in [9.17, 15) is 9.59 Å². The zero-order valence-electron chi connectivity index (χ0n) is 11.4. The van der Waals surface area contributed by atoms with Gasteiger partial charge in [0.15, 0.2) is 0 Å². The number of carbonyl (C=O) groups is 2. The van der Waals surface area contributed by atoms with Gasteiger partial charge in [-0.15, -0.1) is 0 Å². The van der Waals surface area contributed by atoms with E-state index < -0.39 is 5.97 Å². The largest absolute Gasteiger partial charge is 0.481 e. The lowest BCUT2D eigenvalue weighted by atomic mass is 10.1. The van der Waals surface area contributed by atoms with Gasteiger partial charge in [0.2, 0.25) is 0 Å². The van der Waals surface area contributed by atoms with Gasteiger partial charge in [-0.05, 0) is 18.4 Å². The van der Waals surface area contributed by atoms with E-state index in [4.69, 9.17) is 9.52 Å². The Morgan fingerprint density at radius 2 is 2.11 bits per heavy atom. The zero-order chi connectivity index (χ0) is 14.3. The number of aliphatic carboxylic acids is 1. The van der Waals surface area contributed by atoms with E-state index in [1.165, 1.54) is 12.3 Å². The third-order valence-corrected chi connectivity index (χ3v) is 2.80. The average molecular weight is 267 g/mol. The maximum Gasteiger partial charge on any atom is 0.311 e. The van der Waals surface area contributed by atoms with Crippen LogP contribution in [-0.2, 0) is 11.2 Å². The Hall–Kier alpha value is -1.78. The monoisotopic (exact) mass is 267 g/mol. The summed E-state index contributed by atoms with van der Waals surface area (Å²) >= 11 is 0. The third-order valence-electron chi connectivity index (χ3n) is 2.80. The number of nitrogens with one attached hydrogen (secondary N) is 1. The van der Waals surface area contributed by atoms with E-state index in [1.54, 1.807) is 0 Å². The molecule has 1 rings (SSSR count). The Morgan fingerprint density at radius 3 is 2.74 bits per heavy atom. The highest BCUT2D eigenvalue weighted by molar-refractivity contribution is 5.95. The number of carboxylic acids is 1. The number of carboxylic acid groups (broad SMARTS) is 1. The molecule has 5 heteroatoms. The lowest BCUT2D eigenvalue weighted by molar-refractivity contribution is -0.136. The number of hydrogen-bond acceptors (Lipinski definition) is 3. The third kappa shape index (κ3) is 5.59. The molecule has 0 aliphatic carbocycles. The average Bonchev–Trinajstić information content (AvgIpc) is 2.75. The Bertz CT molecular complexity index is 423. The first-order valence-corrected chi connectivity index (χ1v) is 6.57. The van der Waals surface area contributed by atoms with Gasteiger partial charge in [0.25, 0.3) is 5.91 Å². The molecule has 1 aromatic heterocycles. The minimum absolute atomic E-state index is 0.201. The number of furan rings is 1. The smallest absolute Gasteiger partial charge is 0.311 e. The molecule has 0 fully saturated rings. The molecule has 0 aliphatic rings. The van der Waals surface area contributed by atoms with Crippen molar-refractivity contribution in [1.82, 2.24) is 5.32 Å². The van der Waals surface area contributed by atoms with Crippen molar-refractivity contribution < 1.29 is 19.1 Å². The first-order chi connectivity index (χ1) is 9.00. The topological polar surface area (TPSA) is 79.5 Å². The van der Waals surface area contributed by atoms with Crippen molar-refractivity contribution in [2.45, 2.75) is 39.5 Å². The van der Waals surface area contributed by atoms with Gasteiger partial charge in [0.05, 0.1) is 11.8 Å². The molecule has 5 nitrogen and oxygen atoms in total. The summed E-state index contributed by atoms with van der Waals surface area (Å²) in [5.74, 6) is -0.408. The molecule has 0 atom stereocenters. The fourth-order valence-electron chi connectivity index (χ4n) is 1.79. The van der Waals surface area contributed by atoms with Crippen LogP contribution in [0.2, 0.25) is 0 Å². The number of carbonyl (C=O) groups excluding carboxylic acids is 1. The van der Waals surface area contributed by atoms with Gasteiger partial charge in [-0.2, -0.15) is 0 Å². The number of amides is 1. The molecule has 0 spiro atoms. The normalized spacial score (nSPS) is 10.7. The second-order valence-electron chi connectivity index (χ2n) is 4.97. The molecule has 0 radical (unpaired) electrons. The fraction of sp³-hybridized carbons (Fsp3) is 0.571. The molecule has 1 amide bonds. The molecule has 2 N–H and O–H groups in total. The van der Waals surface area contributed by atoms with Gasteiger partial charge < -0.3 is 14.8 Å². The molecule has 0 saturated heterocycles. The quantitative estimate of drug-likeness (QED) is 0.709. The van der Waals surface area contributed by atoms with Crippen molar-refractivity contribution in [3.63, 3.8) is 0 Å². The first-order valence-electron chi connectivity index (χ1n) is 6.57. The molecule has 1 aromatic rings. The highest BCUT2D eigenvalue weighted by Crippen LogP contribution is 2.11. The zero-order valence-corrected chi connectivity index (χ0v) is 11.4. The van der Waals surface area contributed by atoms with E-state index in [0.717, 1.165) is 19.3 Å². The maximum atomic E-state index is 11.8. The van der Waals surface area contributed by atoms with E-state index in [1.807, 2.05) is 0 Å². The molecule has 0 aliphatic heterocycles. The molecule has 1 heterocycles. The molecule has 0 bridgehead atoms. The highest BCUT2D eigenvalue weighted by atomic mass is 16.4. The minimum atomic E-state index is -1.01. The van der Waals surface area contributed by atoms with Crippen LogP contribution < -0.4 is 5.32 Å². The lowest BCUT2D eigenvalue weighted by Gasteiger charge is -2.06. The van der Waals surface area contributed by atoms with E-state index in [2.05, 4.69) is 19.2 Å². The fourth-order valence-corrected chi connectivity index (χ4v) is 1.79. The van der Waals surface area contributed by atoms with Crippen LogP contribution in [0.15, 0.2) is 16.7 Å². The SMILES string of the molecule is CC(C)CCCCNC(=O)c1ccoc1CC(=O)O. The Balaban J connectivity index is 2.37. The summed E-state index contributed by atoms with van der Waals surface area (Å²) in [4.78, 5) is 22.5. The summed E-state index contributed by atoms with van der Waals surface area (Å²) in [7, 11) is 0. The standard InChI is InChI=1S/C14H21NO4/c1-10(2)5-3-4-7-15-14(18)11-6-8-19-12(11)9-13(16)17/h6,8,10H,3-5,7,9H2,1-2H3,(H,15,18)(H,16,17). The van der Waals surface area contributed by atoms with Gasteiger partial charge in [-0.25, -0.2) is 0 Å². The second kappa shape index (κ2) is 7.61. The van der Waals surface area contributed by atoms with Gasteiger partial charge in [-0.1, -0.05) is 26.7 Å². The van der Waals surface area contributed by atoms with Crippen LogP contribution >= 0.6 is 0 Å². The van der Waals surface area contributed by atoms with Crippen LogP contribution in [0.1, 0.15) is 49.2 Å². The van der Waals surface area contributed by atoms with Crippen LogP contribution in [0.4, 0.5) is 0 Å². The Kier molecular flexibility index (Phi) is 6.12. The van der Waals surface area contributed by atoms with Crippen molar-refractivity contribution >= 4 is 11.9 Å². The van der Waals surface area contributed by atoms with Gasteiger partial charge in [0, 0.05) is 6.54 Å². The van der Waals surface area contributed by atoms with Crippen molar-refractivity contribution in [2.24, 2.45) is 5.92 Å². The molecule has 0 aromatic carbocycles. The molecule has 0 saturated carbocycles. The van der Waals surface area contributed by atoms with Crippen molar-refractivity contribution in [3.05, 3.63) is 23.7 Å². The van der Waals surface area contributed by atoms with Gasteiger partial charge >= 0.3 is 5.97 Å². The van der Waals surface area contributed by atoms with E-state index >= 15 is 0 Å². The van der Waals surface area contributed by atoms with Crippen molar-refractivity contribution in [1.29, 1.82) is 0 Å². The second-order valence-corrected chi connectivity index (χ2v) is 4.97. The number of rotatable bonds is 8. The summed E-state index contributed by atoms with van der Waals surface area (Å²) in [6.07, 6.45) is 4.21. The predicted octanol–water partition coefficient (Wildman–Crippen LogP) is 2.46. The van der Waals surface area contributed by atoms with Crippen LogP contribution in [0.25, 0.3) is 0 Å². The minimum Gasteiger partial charge on any atom is -0.481 e. The predicted molar refractivity (Wildman–Crippen MR) is 71.1 cm³/mol. The van der Waals surface area contributed by atoms with E-state index in [-0.39, 0.29) is 18.1 Å². The molecular weight excluding hydrogens is 246 g/mol. The van der Waals surface area contributed by atoms with Crippen molar-refractivity contribution in [3.8, 4) is 0 Å². The Labute approximate surface area is 113 Å². The molecule has 19 heavy (non-hydrogen) atoms. The van der Waals surface area contributed by atoms with Crippen LogP contribution in [0.3, 0.4) is 0 Å². The summed E-state index contributed by atoms with van der Waals surface area (Å²) in [6, 6.07) is 1.50. The summed E-state index contributed by atoms with van der Waals surface area (Å²) < 4.78 is 5.01. The summed E-state index contributed by atoms with van der Waals surface area (Å²) in [5, 5.41) is 11.5. The van der Waals surface area contributed by atoms with Gasteiger partial charge in [-0.3, -0.25) is 9.59 Å². The first kappa shape index (κ1) is 15.3. The van der Waals surface area contributed by atoms with E-state index in [0.29, 0.717) is 18.0 Å². The lowest BCUT2D eigenvalue weighted by Crippen LogP contribution is -2.25. The van der Waals surface area contributed by atoms with Gasteiger partial charge in [0.1, 0.15) is 12.2 Å². The van der Waals surface area contributed by atoms with Crippen LogP contribution in [0, 0.1) is 5.92 Å². The molecule has 106 valence electrons. The molecule has 0 unspecified atom stereocenters. The summed E-state index contributed by atoms with van der Waals surface area (Å²) in [5.41, 5.74) is 0.311. The van der Waals surface area contributed by atoms with Crippen LogP contribution in [0.5, 0.6) is 0 Å². The van der Waals surface area contributed by atoms with Crippen LogP contribution in [-0.4, -0.2) is 23.5 Å². The number of hydrogen-bond donors (Lipinski definition) is 2. The number of unbranched alkanes of at least 4 members (excludes halogenated alkanes) is 1. The van der Waals surface area contributed by atoms with Crippen molar-refractivity contribution in [2.75, 3.05) is 6.54 Å². The maximum absolute atomic E-state index is 11.8. The Morgan fingerprint density at radius 1 is 1.37 bits per heavy atom. The molecular formula is C14H21NO4.